The average molecular weight is 2040 g/mol. The summed E-state index contributed by atoms with van der Waals surface area (Å²) in [5, 5.41) is 41.5. The second kappa shape index (κ2) is 46.5. The molecule has 14 aromatic heterocycles. The zero-order chi connectivity index (χ0) is 105. The average Bonchev–Trinajstić information content (AvgIpc) is 1.49. The summed E-state index contributed by atoms with van der Waals surface area (Å²) in [5.74, 6) is 1.84. The Balaban J connectivity index is 0.000000132. The molecule has 0 N–H and O–H groups in total. The van der Waals surface area contributed by atoms with Crippen LogP contribution in [0.2, 0.25) is 0 Å². The molecular weight excluding hydrogens is 1940 g/mol. The van der Waals surface area contributed by atoms with Crippen molar-refractivity contribution in [2.45, 2.75) is 96.6 Å². The highest BCUT2D eigenvalue weighted by molar-refractivity contribution is 7.92. The highest BCUT2D eigenvalue weighted by Crippen LogP contribution is 2.37. The lowest BCUT2D eigenvalue weighted by Crippen LogP contribution is -2.25. The van der Waals surface area contributed by atoms with Crippen LogP contribution in [0.1, 0.15) is 78.8 Å². The Hall–Kier alpha value is -16.8. The number of anilines is 1. The molecule has 0 unspecified atom stereocenters. The zero-order valence-corrected chi connectivity index (χ0v) is 84.8. The Morgan fingerprint density at radius 2 is 0.642 bits per heavy atom. The molecule has 20 aromatic rings. The molecule has 758 valence electrons. The molecule has 0 fully saturated rings. The quantitative estimate of drug-likeness (QED) is 0.0298. The van der Waals surface area contributed by atoms with Gasteiger partial charge in [0, 0.05) is 157 Å². The normalized spacial score (nSPS) is 11.4. The number of halogens is 6. The van der Waals surface area contributed by atoms with E-state index in [9.17, 15) is 43.2 Å². The van der Waals surface area contributed by atoms with Crippen LogP contribution in [-0.4, -0.2) is 189 Å². The number of pyridine rings is 8. The monoisotopic (exact) mass is 2040 g/mol. The van der Waals surface area contributed by atoms with E-state index in [1.807, 2.05) is 90.4 Å². The molecule has 20 rings (SSSR count). The van der Waals surface area contributed by atoms with Gasteiger partial charge in [0.25, 0.3) is 0 Å². The third-order valence-electron chi connectivity index (χ3n) is 25.0. The van der Waals surface area contributed by atoms with Gasteiger partial charge in [-0.05, 0) is 273 Å². The lowest BCUT2D eigenvalue weighted by molar-refractivity contribution is 0.402. The predicted octanol–water partition coefficient (Wildman–Crippen LogP) is 18.5. The summed E-state index contributed by atoms with van der Waals surface area (Å²) in [4.78, 5) is 22.8. The van der Waals surface area contributed by atoms with Gasteiger partial charge in [0.2, 0.25) is 16.0 Å². The van der Waals surface area contributed by atoms with Crippen molar-refractivity contribution in [2.75, 3.05) is 73.5 Å². The fraction of sp³-hybridized carbons (Fsp3) is 0.220. The van der Waals surface area contributed by atoms with Crippen molar-refractivity contribution >= 4 is 53.9 Å². The Morgan fingerprint density at radius 1 is 0.318 bits per heavy atom. The maximum absolute atomic E-state index is 14.5. The Bertz CT molecular complexity index is 8210. The van der Waals surface area contributed by atoms with Crippen molar-refractivity contribution in [1.82, 2.24) is 103 Å². The van der Waals surface area contributed by atoms with Gasteiger partial charge >= 0.3 is 0 Å². The topological polar surface area (TPSA) is 336 Å². The Morgan fingerprint density at radius 3 is 0.966 bits per heavy atom. The van der Waals surface area contributed by atoms with Crippen LogP contribution in [-0.2, 0) is 90.6 Å². The molecule has 6 aromatic carbocycles. The number of sulfone groups is 1. The summed E-state index contributed by atoms with van der Waals surface area (Å²) >= 11 is 0. The molecule has 0 amide bonds. The molecule has 31 nitrogen and oxygen atoms in total. The number of benzene rings is 6. The SMILES string of the molecule is COc1cc(C)cc(F)c1CCc1ccc(-c2ccc(CN(C)C)cc2)c2nncn12.COc1cccc(F)c1CCc1ccc(-c2ccc(F)nc2)c2nncn12.COc1cccc(F)c1CCc1ccc(-c2ccc(N(C)S(C)(=O)=O)nc2)c2nncn12.COc1cccc(F)c1CCc1ccc(-c2cnc(C)nc2)c2nncn12.COc1cccc(F)c1CCc1ccc(-c2cnc(S(C)(=O)=O)c(C)c2)c2nncn12. The third-order valence-corrected chi connectivity index (χ3v) is 27.3. The van der Waals surface area contributed by atoms with Crippen molar-refractivity contribution in [3.63, 3.8) is 0 Å². The van der Waals surface area contributed by atoms with E-state index < -0.39 is 25.8 Å². The highest BCUT2D eigenvalue weighted by atomic mass is 32.2. The lowest BCUT2D eigenvalue weighted by atomic mass is 10.0. The van der Waals surface area contributed by atoms with Crippen LogP contribution in [0.15, 0.2) is 268 Å². The molecule has 0 spiro atoms. The molecule has 39 heteroatoms. The standard InChI is InChI=1S/C25H27FN4O.C22H22FN5O3S.C22H21FN4O3S.C20H16F2N4O.C20H18FN5O/c1-17-13-23(26)22(24(14-17)31-4)12-10-20-9-11-21(25-28-27-16-30(20)25)19-7-5-18(6-8-19)15-29(2)3;1-27(32(3,29)30)21-12-7-15(13-24-21)17-10-8-16(28-14-25-26-22(17)28)9-11-18-19(23)5-4-6-20(18)31-2;1-14-11-15(12-24-22(14)31(3,28)29)17-9-7-16(27-13-25-26-21(17)27)8-10-18-19(23)5-4-6-20(18)30-2;1-27-18-4-2-3-17(21)16(18)9-7-14-6-8-15(20-25-24-12-26(14)20)13-5-10-19(22)23-11-13;1-13-22-10-14(11-23-13)16-8-6-15(26-12-24-25-20(16)26)7-9-17-18(21)4-3-5-19(17)27-2/h5-9,11,13-14,16H,10,12,15H2,1-4H3;4-8,10,12-14H,9,11H2,1-3H3;4-7,9,11-13H,8,10H2,1-3H3;2-6,8,10-12H,7,9H2,1H3;3-6,8,10-12H,7,9H2,1-2H3. The number of fused-ring (bicyclic) bond motifs is 5. The summed E-state index contributed by atoms with van der Waals surface area (Å²) in [6.07, 6.45) is 24.0. The molecule has 0 saturated carbocycles. The van der Waals surface area contributed by atoms with Gasteiger partial charge in [-0.25, -0.2) is 63.7 Å². The van der Waals surface area contributed by atoms with E-state index in [1.54, 1.807) is 150 Å². The summed E-state index contributed by atoms with van der Waals surface area (Å²) in [6.45, 7) is 6.32. The van der Waals surface area contributed by atoms with Gasteiger partial charge < -0.3 is 28.6 Å². The molecular formula is C109H104F6N22O9S2. The maximum Gasteiger partial charge on any atom is 0.233 e. The smallest absolute Gasteiger partial charge is 0.233 e. The largest absolute Gasteiger partial charge is 0.496 e. The summed E-state index contributed by atoms with van der Waals surface area (Å²) in [6, 6.07) is 59.0. The van der Waals surface area contributed by atoms with E-state index in [0.29, 0.717) is 155 Å². The number of hydrogen-bond donors (Lipinski definition) is 0. The van der Waals surface area contributed by atoms with E-state index in [1.165, 1.54) is 76.7 Å². The van der Waals surface area contributed by atoms with Gasteiger partial charge in [0.05, 0.1) is 41.8 Å². The van der Waals surface area contributed by atoms with Crippen LogP contribution in [0.3, 0.4) is 0 Å². The summed E-state index contributed by atoms with van der Waals surface area (Å²) in [7, 11) is 6.49. The van der Waals surface area contributed by atoms with E-state index in [2.05, 4.69) is 131 Å². The molecule has 14 heterocycles. The first-order valence-electron chi connectivity index (χ1n) is 46.8. The van der Waals surface area contributed by atoms with Crippen LogP contribution in [0.5, 0.6) is 28.7 Å². The number of rotatable bonds is 30. The van der Waals surface area contributed by atoms with Crippen molar-refractivity contribution in [3.05, 3.63) is 377 Å². The second-order valence-electron chi connectivity index (χ2n) is 35.0. The number of hydrogen-bond acceptors (Lipinski definition) is 25. The van der Waals surface area contributed by atoms with Crippen molar-refractivity contribution < 1.29 is 66.9 Å². The summed E-state index contributed by atoms with van der Waals surface area (Å²) in [5.41, 5.74) is 22.1. The van der Waals surface area contributed by atoms with Gasteiger partial charge in [-0.2, -0.15) is 4.39 Å². The minimum atomic E-state index is -3.40. The van der Waals surface area contributed by atoms with Crippen LogP contribution >= 0.6 is 0 Å². The number of nitrogens with zero attached hydrogens (tertiary/aromatic N) is 22. The van der Waals surface area contributed by atoms with Crippen LogP contribution in [0, 0.1) is 55.8 Å². The molecule has 0 aliphatic carbocycles. The maximum atomic E-state index is 14.5. The number of methoxy groups -OCH3 is 5. The molecule has 0 radical (unpaired) electrons. The van der Waals surface area contributed by atoms with E-state index in [0.717, 1.165) is 124 Å². The van der Waals surface area contributed by atoms with Gasteiger partial charge in [0.15, 0.2) is 43.1 Å². The van der Waals surface area contributed by atoms with Crippen LogP contribution in [0.4, 0.5) is 32.2 Å². The van der Waals surface area contributed by atoms with Gasteiger partial charge in [-0.15, -0.1) is 51.0 Å². The van der Waals surface area contributed by atoms with Gasteiger partial charge in [-0.3, -0.25) is 26.3 Å². The second-order valence-corrected chi connectivity index (χ2v) is 38.9. The molecule has 0 atom stereocenters. The van der Waals surface area contributed by atoms with Gasteiger partial charge in [0.1, 0.15) is 101 Å². The van der Waals surface area contributed by atoms with Gasteiger partial charge in [-0.1, -0.05) is 48.5 Å². The minimum Gasteiger partial charge on any atom is -0.496 e. The predicted molar refractivity (Wildman–Crippen MR) is 551 cm³/mol. The first-order valence-corrected chi connectivity index (χ1v) is 50.5. The number of ether oxygens (including phenoxy) is 5. The van der Waals surface area contributed by atoms with E-state index >= 15 is 0 Å². The fourth-order valence-corrected chi connectivity index (χ4v) is 18.8. The lowest BCUT2D eigenvalue weighted by Gasteiger charge is -2.15. The highest BCUT2D eigenvalue weighted by Gasteiger charge is 2.25. The van der Waals surface area contributed by atoms with Crippen molar-refractivity contribution in [3.8, 4) is 84.4 Å². The molecule has 0 bridgehead atoms. The van der Waals surface area contributed by atoms with E-state index in [-0.39, 0.29) is 34.1 Å². The molecule has 0 aliphatic heterocycles. The Labute approximate surface area is 849 Å². The first-order chi connectivity index (χ1) is 71.4. The number of sulfonamides is 1. The first kappa shape index (κ1) is 104. The molecule has 0 saturated heterocycles. The summed E-state index contributed by atoms with van der Waals surface area (Å²) < 4.78 is 169. The fourth-order valence-electron chi connectivity index (χ4n) is 17.5. The zero-order valence-electron chi connectivity index (χ0n) is 83.2. The number of aromatic nitrogens is 20. The molecule has 148 heavy (non-hydrogen) atoms. The minimum absolute atomic E-state index is 0.0594. The van der Waals surface area contributed by atoms with Crippen molar-refractivity contribution in [1.29, 1.82) is 0 Å². The molecule has 0 aliphatic rings. The third kappa shape index (κ3) is 23.9. The Kier molecular flexibility index (Phi) is 32.7. The number of aryl methyl sites for hydroxylation is 8. The van der Waals surface area contributed by atoms with Crippen LogP contribution in [0.25, 0.3) is 83.9 Å². The van der Waals surface area contributed by atoms with Crippen molar-refractivity contribution in [2.24, 2.45) is 0 Å². The van der Waals surface area contributed by atoms with E-state index in [4.69, 9.17) is 23.7 Å². The van der Waals surface area contributed by atoms with Crippen LogP contribution < -0.4 is 28.0 Å².